The van der Waals surface area contributed by atoms with Crippen LogP contribution >= 0.6 is 24.4 Å². The van der Waals surface area contributed by atoms with Gasteiger partial charge >= 0.3 is 0 Å². The van der Waals surface area contributed by atoms with Gasteiger partial charge in [0.05, 0.1) is 0 Å². The maximum Gasteiger partial charge on any atom is 0.0417 e. The highest BCUT2D eigenvalue weighted by Crippen LogP contribution is 2.32. The summed E-state index contributed by atoms with van der Waals surface area (Å²) in [6.07, 6.45) is 0. The van der Waals surface area contributed by atoms with E-state index in [1.807, 2.05) is 12.1 Å². The fraction of sp³-hybridized carbons (Fsp3) is 0.143. The minimum atomic E-state index is 0.942. The van der Waals surface area contributed by atoms with Gasteiger partial charge in [-0.15, -0.1) is 0 Å². The standard InChI is InChI=1S/C14H13S2/c1-10-6-8-12(9-7-10)16-14-5-3-4-13(15)11(14)2/h3-9H,1-2H3. The van der Waals surface area contributed by atoms with E-state index < -0.39 is 0 Å². The second-order valence-corrected chi connectivity index (χ2v) is 5.35. The average molecular weight is 245 g/mol. The normalized spacial score (nSPS) is 10.4. The highest BCUT2D eigenvalue weighted by Gasteiger charge is 2.03. The Balaban J connectivity index is 2.27. The second kappa shape index (κ2) is 4.89. The molecular weight excluding hydrogens is 232 g/mol. The van der Waals surface area contributed by atoms with Crippen molar-refractivity contribution in [3.8, 4) is 0 Å². The lowest BCUT2D eigenvalue weighted by Crippen LogP contribution is -1.82. The molecule has 0 saturated heterocycles. The van der Waals surface area contributed by atoms with Crippen molar-refractivity contribution in [1.29, 1.82) is 0 Å². The van der Waals surface area contributed by atoms with Crippen LogP contribution < -0.4 is 0 Å². The monoisotopic (exact) mass is 245 g/mol. The molecule has 0 aliphatic rings. The van der Waals surface area contributed by atoms with Gasteiger partial charge in [-0.2, -0.15) is 0 Å². The van der Waals surface area contributed by atoms with E-state index in [0.717, 1.165) is 4.90 Å². The Morgan fingerprint density at radius 3 is 2.31 bits per heavy atom. The fourth-order valence-electron chi connectivity index (χ4n) is 1.44. The van der Waals surface area contributed by atoms with Crippen LogP contribution in [0.3, 0.4) is 0 Å². The molecule has 0 unspecified atom stereocenters. The van der Waals surface area contributed by atoms with Crippen LogP contribution in [0.25, 0.3) is 0 Å². The van der Waals surface area contributed by atoms with Crippen molar-refractivity contribution in [2.75, 3.05) is 0 Å². The van der Waals surface area contributed by atoms with Gasteiger partial charge in [-0.1, -0.05) is 48.2 Å². The van der Waals surface area contributed by atoms with E-state index in [1.165, 1.54) is 20.9 Å². The minimum absolute atomic E-state index is 0.942. The number of hydrogen-bond acceptors (Lipinski definition) is 1. The first-order valence-electron chi connectivity index (χ1n) is 5.18. The molecular formula is C14H13S2. The molecule has 0 bridgehead atoms. The van der Waals surface area contributed by atoms with Gasteiger partial charge in [-0.3, -0.25) is 0 Å². The largest absolute Gasteiger partial charge is 0.0898 e. The van der Waals surface area contributed by atoms with E-state index >= 15 is 0 Å². The van der Waals surface area contributed by atoms with E-state index in [1.54, 1.807) is 11.8 Å². The minimum Gasteiger partial charge on any atom is -0.0898 e. The van der Waals surface area contributed by atoms with E-state index in [-0.39, 0.29) is 0 Å². The molecule has 0 aromatic heterocycles. The molecule has 81 valence electrons. The molecule has 2 rings (SSSR count). The molecule has 0 aliphatic carbocycles. The topological polar surface area (TPSA) is 0 Å². The first-order chi connectivity index (χ1) is 7.66. The first-order valence-corrected chi connectivity index (χ1v) is 6.40. The van der Waals surface area contributed by atoms with Gasteiger partial charge in [-0.25, -0.2) is 0 Å². The number of rotatable bonds is 2. The van der Waals surface area contributed by atoms with Crippen LogP contribution in [-0.2, 0) is 0 Å². The highest BCUT2D eigenvalue weighted by molar-refractivity contribution is 7.99. The van der Waals surface area contributed by atoms with Crippen LogP contribution in [-0.4, -0.2) is 0 Å². The predicted molar refractivity (Wildman–Crippen MR) is 72.3 cm³/mol. The average Bonchev–Trinajstić information content (AvgIpc) is 2.28. The summed E-state index contributed by atoms with van der Waals surface area (Å²) >= 11 is 7.03. The third kappa shape index (κ3) is 2.57. The molecule has 0 saturated carbocycles. The Labute approximate surface area is 106 Å². The smallest absolute Gasteiger partial charge is 0.0417 e. The van der Waals surface area contributed by atoms with Gasteiger partial charge < -0.3 is 0 Å². The van der Waals surface area contributed by atoms with Gasteiger partial charge in [0.25, 0.3) is 0 Å². The molecule has 0 heterocycles. The van der Waals surface area contributed by atoms with Crippen molar-refractivity contribution < 1.29 is 0 Å². The summed E-state index contributed by atoms with van der Waals surface area (Å²) in [5, 5.41) is 0. The summed E-state index contributed by atoms with van der Waals surface area (Å²) in [5.74, 6) is 0. The van der Waals surface area contributed by atoms with Crippen LogP contribution in [0.2, 0.25) is 0 Å². The van der Waals surface area contributed by atoms with E-state index in [4.69, 9.17) is 12.6 Å². The van der Waals surface area contributed by atoms with Crippen molar-refractivity contribution in [3.05, 3.63) is 53.6 Å². The third-order valence-corrected chi connectivity index (χ3v) is 4.10. The van der Waals surface area contributed by atoms with Crippen LogP contribution in [0.4, 0.5) is 0 Å². The molecule has 1 radical (unpaired) electrons. The number of aryl methyl sites for hydroxylation is 1. The lowest BCUT2D eigenvalue weighted by Gasteiger charge is -2.07. The summed E-state index contributed by atoms with van der Waals surface area (Å²) in [6, 6.07) is 14.7. The Kier molecular flexibility index (Phi) is 3.52. The molecule has 0 aliphatic heterocycles. The van der Waals surface area contributed by atoms with Gasteiger partial charge in [0.15, 0.2) is 0 Å². The maximum absolute atomic E-state index is 5.26. The van der Waals surface area contributed by atoms with Gasteiger partial charge in [0, 0.05) is 14.7 Å². The Morgan fingerprint density at radius 1 is 0.938 bits per heavy atom. The van der Waals surface area contributed by atoms with E-state index in [9.17, 15) is 0 Å². The molecule has 0 fully saturated rings. The van der Waals surface area contributed by atoms with E-state index in [2.05, 4.69) is 44.2 Å². The molecule has 0 amide bonds. The number of hydrogen-bond donors (Lipinski definition) is 0. The van der Waals surface area contributed by atoms with E-state index in [0.29, 0.717) is 0 Å². The maximum atomic E-state index is 5.26. The highest BCUT2D eigenvalue weighted by atomic mass is 32.2. The lowest BCUT2D eigenvalue weighted by atomic mass is 10.2. The van der Waals surface area contributed by atoms with Crippen molar-refractivity contribution in [1.82, 2.24) is 0 Å². The zero-order valence-corrected chi connectivity index (χ0v) is 11.0. The molecule has 0 nitrogen and oxygen atoms in total. The summed E-state index contributed by atoms with van der Waals surface area (Å²) in [6.45, 7) is 4.18. The van der Waals surface area contributed by atoms with Crippen LogP contribution in [0.15, 0.2) is 57.2 Å². The fourth-order valence-corrected chi connectivity index (χ4v) is 2.63. The summed E-state index contributed by atoms with van der Waals surface area (Å²) in [7, 11) is 0. The zero-order chi connectivity index (χ0) is 11.5. The second-order valence-electron chi connectivity index (χ2n) is 3.79. The third-order valence-electron chi connectivity index (χ3n) is 2.48. The number of benzene rings is 2. The summed E-state index contributed by atoms with van der Waals surface area (Å²) in [5.41, 5.74) is 2.49. The first kappa shape index (κ1) is 11.5. The Bertz CT molecular complexity index is 487. The van der Waals surface area contributed by atoms with Crippen LogP contribution in [0.1, 0.15) is 11.1 Å². The molecule has 0 spiro atoms. The zero-order valence-electron chi connectivity index (χ0n) is 9.36. The molecule has 2 aromatic rings. The SMILES string of the molecule is Cc1ccc(Sc2cccc([S])c2C)cc1. The van der Waals surface area contributed by atoms with Crippen molar-refractivity contribution in [3.63, 3.8) is 0 Å². The molecule has 2 heteroatoms. The van der Waals surface area contributed by atoms with Crippen LogP contribution in [0.5, 0.6) is 0 Å². The lowest BCUT2D eigenvalue weighted by molar-refractivity contribution is 1.19. The summed E-state index contributed by atoms with van der Waals surface area (Å²) < 4.78 is 0. The van der Waals surface area contributed by atoms with Crippen LogP contribution in [0, 0.1) is 13.8 Å². The van der Waals surface area contributed by atoms with Crippen molar-refractivity contribution >= 4 is 24.4 Å². The van der Waals surface area contributed by atoms with Gasteiger partial charge in [0.1, 0.15) is 0 Å². The molecule has 16 heavy (non-hydrogen) atoms. The summed E-state index contributed by atoms with van der Waals surface area (Å²) in [4.78, 5) is 3.45. The molecule has 0 atom stereocenters. The molecule has 2 aromatic carbocycles. The van der Waals surface area contributed by atoms with Gasteiger partial charge in [0.2, 0.25) is 0 Å². The Morgan fingerprint density at radius 2 is 1.62 bits per heavy atom. The van der Waals surface area contributed by atoms with Gasteiger partial charge in [-0.05, 0) is 43.7 Å². The quantitative estimate of drug-likeness (QED) is 0.716. The molecule has 0 N–H and O–H groups in total. The van der Waals surface area contributed by atoms with Crippen molar-refractivity contribution in [2.24, 2.45) is 0 Å². The Hall–Kier alpha value is -0.990. The van der Waals surface area contributed by atoms with Crippen molar-refractivity contribution in [2.45, 2.75) is 28.5 Å². The predicted octanol–water partition coefficient (Wildman–Crippen LogP) is 5.01.